The molecule has 0 amide bonds. The van der Waals surface area contributed by atoms with Crippen molar-refractivity contribution in [3.8, 4) is 0 Å². The second-order valence-corrected chi connectivity index (χ2v) is 5.89. The highest BCUT2D eigenvalue weighted by Crippen LogP contribution is 2.12. The van der Waals surface area contributed by atoms with E-state index in [1.165, 1.54) is 11.6 Å². The third kappa shape index (κ3) is 3.93. The van der Waals surface area contributed by atoms with Crippen molar-refractivity contribution < 1.29 is 4.39 Å². The first-order chi connectivity index (χ1) is 10.7. The zero-order valence-electron chi connectivity index (χ0n) is 13.1. The summed E-state index contributed by atoms with van der Waals surface area (Å²) < 4.78 is 15.2. The Morgan fingerprint density at radius 3 is 2.32 bits per heavy atom. The molecule has 2 heterocycles. The summed E-state index contributed by atoms with van der Waals surface area (Å²) >= 11 is 0. The SMILES string of the molecule is CCn1cc(CN2CCN(Cc3cccc(F)c3)CC2)cn1. The van der Waals surface area contributed by atoms with Gasteiger partial charge in [-0.15, -0.1) is 0 Å². The summed E-state index contributed by atoms with van der Waals surface area (Å²) in [5, 5.41) is 4.32. The van der Waals surface area contributed by atoms with E-state index in [1.54, 1.807) is 12.1 Å². The average molecular weight is 302 g/mol. The molecule has 0 N–H and O–H groups in total. The first-order valence-corrected chi connectivity index (χ1v) is 7.93. The van der Waals surface area contributed by atoms with Crippen molar-refractivity contribution in [2.45, 2.75) is 26.6 Å². The molecule has 1 aliphatic heterocycles. The fraction of sp³-hybridized carbons (Fsp3) is 0.471. The molecule has 0 saturated carbocycles. The van der Waals surface area contributed by atoms with Gasteiger partial charge < -0.3 is 0 Å². The fourth-order valence-electron chi connectivity index (χ4n) is 2.92. The number of nitrogens with zero attached hydrogens (tertiary/aromatic N) is 4. The smallest absolute Gasteiger partial charge is 0.123 e. The van der Waals surface area contributed by atoms with Crippen LogP contribution in [-0.2, 0) is 19.6 Å². The summed E-state index contributed by atoms with van der Waals surface area (Å²) in [5.41, 5.74) is 2.33. The maximum atomic E-state index is 13.2. The molecule has 118 valence electrons. The third-order valence-electron chi connectivity index (χ3n) is 4.18. The van der Waals surface area contributed by atoms with Gasteiger partial charge in [-0.2, -0.15) is 5.10 Å². The van der Waals surface area contributed by atoms with Crippen molar-refractivity contribution in [2.75, 3.05) is 26.2 Å². The van der Waals surface area contributed by atoms with Crippen LogP contribution in [-0.4, -0.2) is 45.8 Å². The number of hydrogen-bond donors (Lipinski definition) is 0. The van der Waals surface area contributed by atoms with Crippen LogP contribution in [0.5, 0.6) is 0 Å². The van der Waals surface area contributed by atoms with Crippen LogP contribution in [0.25, 0.3) is 0 Å². The molecule has 4 nitrogen and oxygen atoms in total. The Labute approximate surface area is 131 Å². The zero-order chi connectivity index (χ0) is 15.4. The van der Waals surface area contributed by atoms with Gasteiger partial charge >= 0.3 is 0 Å². The predicted octanol–water partition coefficient (Wildman–Crippen LogP) is 2.36. The Balaban J connectivity index is 1.47. The van der Waals surface area contributed by atoms with Crippen LogP contribution in [0.1, 0.15) is 18.1 Å². The molecule has 0 bridgehead atoms. The van der Waals surface area contributed by atoms with E-state index in [1.807, 2.05) is 16.9 Å². The molecule has 0 radical (unpaired) electrons. The molecule has 0 aliphatic carbocycles. The molecule has 22 heavy (non-hydrogen) atoms. The number of hydrogen-bond acceptors (Lipinski definition) is 3. The normalized spacial score (nSPS) is 17.0. The number of halogens is 1. The second kappa shape index (κ2) is 7.03. The number of benzene rings is 1. The summed E-state index contributed by atoms with van der Waals surface area (Å²) in [6.07, 6.45) is 4.09. The molecule has 3 rings (SSSR count). The van der Waals surface area contributed by atoms with Gasteiger partial charge in [-0.05, 0) is 24.6 Å². The van der Waals surface area contributed by atoms with E-state index in [4.69, 9.17) is 0 Å². The number of aromatic nitrogens is 2. The molecule has 5 heteroatoms. The first kappa shape index (κ1) is 15.2. The Kier molecular flexibility index (Phi) is 4.85. The lowest BCUT2D eigenvalue weighted by Gasteiger charge is -2.34. The fourth-order valence-corrected chi connectivity index (χ4v) is 2.92. The molecule has 1 aromatic heterocycles. The van der Waals surface area contributed by atoms with E-state index in [2.05, 4.69) is 28.0 Å². The van der Waals surface area contributed by atoms with Crippen molar-refractivity contribution in [3.05, 3.63) is 53.6 Å². The molecule has 0 atom stereocenters. The van der Waals surface area contributed by atoms with Gasteiger partial charge in [-0.1, -0.05) is 12.1 Å². The highest BCUT2D eigenvalue weighted by Gasteiger charge is 2.17. The summed E-state index contributed by atoms with van der Waals surface area (Å²) in [4.78, 5) is 4.85. The van der Waals surface area contributed by atoms with Crippen LogP contribution < -0.4 is 0 Å². The minimum absolute atomic E-state index is 0.149. The zero-order valence-corrected chi connectivity index (χ0v) is 13.1. The van der Waals surface area contributed by atoms with E-state index in [9.17, 15) is 4.39 Å². The largest absolute Gasteiger partial charge is 0.297 e. The summed E-state index contributed by atoms with van der Waals surface area (Å²) in [6.45, 7) is 8.96. The molecule has 0 unspecified atom stereocenters. The lowest BCUT2D eigenvalue weighted by Crippen LogP contribution is -2.45. The molecule has 1 aromatic carbocycles. The van der Waals surface area contributed by atoms with E-state index in [-0.39, 0.29) is 5.82 Å². The maximum Gasteiger partial charge on any atom is 0.123 e. The van der Waals surface area contributed by atoms with Crippen molar-refractivity contribution >= 4 is 0 Å². The number of piperazine rings is 1. The summed E-state index contributed by atoms with van der Waals surface area (Å²) in [6, 6.07) is 6.91. The Bertz CT molecular complexity index is 602. The maximum absolute atomic E-state index is 13.2. The molecule has 1 saturated heterocycles. The van der Waals surface area contributed by atoms with Crippen LogP contribution in [0.2, 0.25) is 0 Å². The lowest BCUT2D eigenvalue weighted by molar-refractivity contribution is 0.122. The third-order valence-corrected chi connectivity index (χ3v) is 4.18. The Morgan fingerprint density at radius 2 is 1.73 bits per heavy atom. The van der Waals surface area contributed by atoms with Gasteiger partial charge in [-0.25, -0.2) is 4.39 Å². The average Bonchev–Trinajstić information content (AvgIpc) is 2.97. The highest BCUT2D eigenvalue weighted by atomic mass is 19.1. The van der Waals surface area contributed by atoms with Gasteiger partial charge in [0, 0.05) is 57.6 Å². The quantitative estimate of drug-likeness (QED) is 0.847. The lowest BCUT2D eigenvalue weighted by atomic mass is 10.2. The summed E-state index contributed by atoms with van der Waals surface area (Å²) in [7, 11) is 0. The van der Waals surface area contributed by atoms with Gasteiger partial charge in [0.1, 0.15) is 5.82 Å². The number of aryl methyl sites for hydroxylation is 1. The highest BCUT2D eigenvalue weighted by molar-refractivity contribution is 5.16. The van der Waals surface area contributed by atoms with E-state index >= 15 is 0 Å². The van der Waals surface area contributed by atoms with Crippen molar-refractivity contribution in [3.63, 3.8) is 0 Å². The van der Waals surface area contributed by atoms with Crippen LogP contribution in [0.15, 0.2) is 36.7 Å². The first-order valence-electron chi connectivity index (χ1n) is 7.93. The molecule has 2 aromatic rings. The van der Waals surface area contributed by atoms with Crippen molar-refractivity contribution in [2.24, 2.45) is 0 Å². The van der Waals surface area contributed by atoms with Gasteiger partial charge in [0.25, 0.3) is 0 Å². The second-order valence-electron chi connectivity index (χ2n) is 5.89. The van der Waals surface area contributed by atoms with Crippen molar-refractivity contribution in [1.82, 2.24) is 19.6 Å². The van der Waals surface area contributed by atoms with Crippen molar-refractivity contribution in [1.29, 1.82) is 0 Å². The van der Waals surface area contributed by atoms with Gasteiger partial charge in [0.05, 0.1) is 6.20 Å². The minimum Gasteiger partial charge on any atom is -0.297 e. The van der Waals surface area contributed by atoms with Crippen LogP contribution in [0, 0.1) is 5.82 Å². The van der Waals surface area contributed by atoms with Gasteiger partial charge in [-0.3, -0.25) is 14.5 Å². The van der Waals surface area contributed by atoms with E-state index in [0.29, 0.717) is 0 Å². The molecular weight excluding hydrogens is 279 g/mol. The van der Waals surface area contributed by atoms with Gasteiger partial charge in [0.2, 0.25) is 0 Å². The van der Waals surface area contributed by atoms with Crippen LogP contribution in [0.3, 0.4) is 0 Å². The minimum atomic E-state index is -0.149. The standard InChI is InChI=1S/C17H23FN4/c1-2-22-14-16(11-19-22)13-21-8-6-20(7-9-21)12-15-4-3-5-17(18)10-15/h3-5,10-11,14H,2,6-9,12-13H2,1H3. The van der Waals surface area contributed by atoms with Crippen LogP contribution >= 0.6 is 0 Å². The van der Waals surface area contributed by atoms with Crippen LogP contribution in [0.4, 0.5) is 4.39 Å². The molecular formula is C17H23FN4. The monoisotopic (exact) mass is 302 g/mol. The number of rotatable bonds is 5. The van der Waals surface area contributed by atoms with Gasteiger partial charge in [0.15, 0.2) is 0 Å². The predicted molar refractivity (Wildman–Crippen MR) is 84.9 cm³/mol. The summed E-state index contributed by atoms with van der Waals surface area (Å²) in [5.74, 6) is -0.149. The molecule has 0 spiro atoms. The molecule has 1 aliphatic rings. The Hall–Kier alpha value is -1.72. The topological polar surface area (TPSA) is 24.3 Å². The Morgan fingerprint density at radius 1 is 1.05 bits per heavy atom. The van der Waals surface area contributed by atoms with E-state index in [0.717, 1.165) is 51.4 Å². The van der Waals surface area contributed by atoms with E-state index < -0.39 is 0 Å². The molecule has 1 fully saturated rings.